The van der Waals surface area contributed by atoms with Crippen LogP contribution in [-0.4, -0.2) is 71.7 Å². The SMILES string of the molecule is COc1cc(C=Cc2cc(C=Cc3cc(OC)c(OC)c(OC)c3)nc(OCCCN=C(N)N)n2)cc(OC)c1OC. The molecule has 1 aromatic heterocycles. The highest BCUT2D eigenvalue weighted by molar-refractivity contribution is 5.76. The zero-order valence-corrected chi connectivity index (χ0v) is 24.7. The minimum absolute atomic E-state index is 0.0318. The molecule has 0 aliphatic carbocycles. The van der Waals surface area contributed by atoms with Crippen LogP contribution in [0, 0.1) is 0 Å². The normalized spacial score (nSPS) is 10.9. The Morgan fingerprint density at radius 2 is 1.07 bits per heavy atom. The van der Waals surface area contributed by atoms with Crippen LogP contribution in [0.1, 0.15) is 28.9 Å². The fourth-order valence-electron chi connectivity index (χ4n) is 3.89. The van der Waals surface area contributed by atoms with Gasteiger partial charge in [0.05, 0.1) is 60.7 Å². The lowest BCUT2D eigenvalue weighted by Gasteiger charge is -2.13. The zero-order valence-electron chi connectivity index (χ0n) is 24.7. The number of methoxy groups -OCH3 is 6. The number of ether oxygens (including phenoxy) is 7. The molecule has 0 bridgehead atoms. The van der Waals surface area contributed by atoms with Crippen LogP contribution >= 0.6 is 0 Å². The molecule has 224 valence electrons. The monoisotopic (exact) mass is 579 g/mol. The summed E-state index contributed by atoms with van der Waals surface area (Å²) in [5.74, 6) is 3.21. The maximum Gasteiger partial charge on any atom is 0.317 e. The van der Waals surface area contributed by atoms with E-state index in [0.717, 1.165) is 11.1 Å². The lowest BCUT2D eigenvalue weighted by atomic mass is 10.1. The quantitative estimate of drug-likeness (QED) is 0.153. The zero-order chi connectivity index (χ0) is 30.5. The molecular weight excluding hydrogens is 542 g/mol. The molecule has 0 aliphatic heterocycles. The molecule has 0 saturated heterocycles. The van der Waals surface area contributed by atoms with Crippen molar-refractivity contribution in [3.05, 3.63) is 52.8 Å². The van der Waals surface area contributed by atoms with E-state index in [0.29, 0.717) is 65.5 Å². The predicted molar refractivity (Wildman–Crippen MR) is 163 cm³/mol. The molecule has 0 aliphatic rings. The fourth-order valence-corrected chi connectivity index (χ4v) is 3.89. The average Bonchev–Trinajstić information content (AvgIpc) is 3.01. The minimum Gasteiger partial charge on any atom is -0.493 e. The lowest BCUT2D eigenvalue weighted by molar-refractivity contribution is 0.288. The molecule has 0 spiro atoms. The lowest BCUT2D eigenvalue weighted by Crippen LogP contribution is -2.23. The van der Waals surface area contributed by atoms with Crippen molar-refractivity contribution in [2.75, 3.05) is 55.8 Å². The first-order chi connectivity index (χ1) is 20.3. The molecule has 1 heterocycles. The summed E-state index contributed by atoms with van der Waals surface area (Å²) in [5.41, 5.74) is 13.7. The number of nitrogens with two attached hydrogens (primary N) is 2. The first-order valence-corrected chi connectivity index (χ1v) is 12.9. The van der Waals surface area contributed by atoms with Crippen LogP contribution in [0.5, 0.6) is 40.5 Å². The Hall–Kier alpha value is -5.13. The van der Waals surface area contributed by atoms with E-state index in [2.05, 4.69) is 15.0 Å². The molecule has 3 rings (SSSR count). The number of rotatable bonds is 15. The Morgan fingerprint density at radius 1 is 0.643 bits per heavy atom. The van der Waals surface area contributed by atoms with Gasteiger partial charge in [-0.3, -0.25) is 4.99 Å². The highest BCUT2D eigenvalue weighted by atomic mass is 16.5. The molecule has 0 fully saturated rings. The summed E-state index contributed by atoms with van der Waals surface area (Å²) in [5, 5.41) is 0. The number of nitrogens with zero attached hydrogens (tertiary/aromatic N) is 3. The van der Waals surface area contributed by atoms with E-state index in [-0.39, 0.29) is 12.0 Å². The van der Waals surface area contributed by atoms with Crippen LogP contribution in [-0.2, 0) is 0 Å². The van der Waals surface area contributed by atoms with Gasteiger partial charge in [0.1, 0.15) is 0 Å². The molecule has 4 N–H and O–H groups in total. The van der Waals surface area contributed by atoms with Crippen LogP contribution < -0.4 is 44.6 Å². The Morgan fingerprint density at radius 3 is 1.43 bits per heavy atom. The maximum absolute atomic E-state index is 5.83. The van der Waals surface area contributed by atoms with E-state index in [4.69, 9.17) is 44.6 Å². The van der Waals surface area contributed by atoms with Crippen LogP contribution in [0.25, 0.3) is 24.3 Å². The number of hydrogen-bond acceptors (Lipinski definition) is 10. The standard InChI is InChI=1S/C30H37N5O7/c1-36-23-14-19(15-24(37-2)27(23)40-5)8-10-21-18-22(35-30(34-21)42-13-7-12-33-29(31)32)11-9-20-16-25(38-3)28(41-6)26(17-20)39-4/h8-11,14-18H,7,12-13H2,1-6H3,(H4,31,32,33). The molecule has 0 atom stereocenters. The van der Waals surface area contributed by atoms with E-state index >= 15 is 0 Å². The van der Waals surface area contributed by atoms with Gasteiger partial charge in [-0.25, -0.2) is 0 Å². The van der Waals surface area contributed by atoms with Crippen molar-refractivity contribution in [1.82, 2.24) is 9.97 Å². The highest BCUT2D eigenvalue weighted by Crippen LogP contribution is 2.39. The summed E-state index contributed by atoms with van der Waals surface area (Å²) in [7, 11) is 9.39. The first-order valence-electron chi connectivity index (χ1n) is 12.9. The summed E-state index contributed by atoms with van der Waals surface area (Å²) in [6.45, 7) is 0.754. The molecule has 0 unspecified atom stereocenters. The molecule has 0 radical (unpaired) electrons. The van der Waals surface area contributed by atoms with Gasteiger partial charge in [0.25, 0.3) is 0 Å². The summed E-state index contributed by atoms with van der Waals surface area (Å²) in [6.07, 6.45) is 8.02. The van der Waals surface area contributed by atoms with Gasteiger partial charge in [0.2, 0.25) is 11.5 Å². The Labute approximate surface area is 245 Å². The predicted octanol–water partition coefficient (Wildman–Crippen LogP) is 3.91. The van der Waals surface area contributed by atoms with E-state index in [1.165, 1.54) is 0 Å². The third kappa shape index (κ3) is 8.43. The minimum atomic E-state index is 0.0318. The van der Waals surface area contributed by atoms with Crippen LogP contribution in [0.3, 0.4) is 0 Å². The van der Waals surface area contributed by atoms with Crippen molar-refractivity contribution in [3.63, 3.8) is 0 Å². The summed E-state index contributed by atoms with van der Waals surface area (Å²) >= 11 is 0. The van der Waals surface area contributed by atoms with Gasteiger partial charge in [0.15, 0.2) is 29.0 Å². The third-order valence-corrected chi connectivity index (χ3v) is 5.84. The van der Waals surface area contributed by atoms with Crippen molar-refractivity contribution in [3.8, 4) is 40.5 Å². The highest BCUT2D eigenvalue weighted by Gasteiger charge is 2.13. The molecule has 42 heavy (non-hydrogen) atoms. The summed E-state index contributed by atoms with van der Waals surface area (Å²) < 4.78 is 38.5. The van der Waals surface area contributed by atoms with Crippen molar-refractivity contribution in [2.24, 2.45) is 16.5 Å². The van der Waals surface area contributed by atoms with Gasteiger partial charge >= 0.3 is 6.01 Å². The van der Waals surface area contributed by atoms with E-state index in [9.17, 15) is 0 Å². The van der Waals surface area contributed by atoms with E-state index in [1.807, 2.05) is 54.6 Å². The van der Waals surface area contributed by atoms with Gasteiger partial charge in [-0.2, -0.15) is 9.97 Å². The van der Waals surface area contributed by atoms with Gasteiger partial charge in [-0.1, -0.05) is 12.2 Å². The van der Waals surface area contributed by atoms with Gasteiger partial charge in [0, 0.05) is 13.0 Å². The van der Waals surface area contributed by atoms with Crippen molar-refractivity contribution in [2.45, 2.75) is 6.42 Å². The second kappa shape index (κ2) is 15.6. The molecule has 12 nitrogen and oxygen atoms in total. The molecular formula is C30H37N5O7. The first kappa shape index (κ1) is 31.4. The van der Waals surface area contributed by atoms with Crippen LogP contribution in [0.2, 0.25) is 0 Å². The molecule has 0 amide bonds. The smallest absolute Gasteiger partial charge is 0.317 e. The second-order valence-electron chi connectivity index (χ2n) is 8.59. The molecule has 12 heteroatoms. The number of guanidine groups is 1. The Kier molecular flexibility index (Phi) is 11.7. The average molecular weight is 580 g/mol. The Bertz CT molecular complexity index is 1290. The van der Waals surface area contributed by atoms with Crippen molar-refractivity contribution in [1.29, 1.82) is 0 Å². The van der Waals surface area contributed by atoms with Gasteiger partial charge in [-0.05, 0) is 53.6 Å². The number of aliphatic imine (C=N–C) groups is 1. The number of hydrogen-bond donors (Lipinski definition) is 2. The van der Waals surface area contributed by atoms with Gasteiger partial charge < -0.3 is 44.6 Å². The third-order valence-electron chi connectivity index (χ3n) is 5.84. The largest absolute Gasteiger partial charge is 0.493 e. The fraction of sp³-hybridized carbons (Fsp3) is 0.300. The molecule has 2 aromatic carbocycles. The molecule has 0 saturated carbocycles. The van der Waals surface area contributed by atoms with Crippen LogP contribution in [0.15, 0.2) is 35.3 Å². The van der Waals surface area contributed by atoms with Crippen molar-refractivity contribution >= 4 is 30.3 Å². The van der Waals surface area contributed by atoms with E-state index < -0.39 is 0 Å². The Balaban J connectivity index is 1.96. The van der Waals surface area contributed by atoms with Crippen LogP contribution in [0.4, 0.5) is 0 Å². The topological polar surface area (TPSA) is 155 Å². The summed E-state index contributed by atoms with van der Waals surface area (Å²) in [6, 6.07) is 9.39. The van der Waals surface area contributed by atoms with Crippen molar-refractivity contribution < 1.29 is 33.2 Å². The second-order valence-corrected chi connectivity index (χ2v) is 8.59. The summed E-state index contributed by atoms with van der Waals surface area (Å²) in [4.78, 5) is 13.1. The van der Waals surface area contributed by atoms with Gasteiger partial charge in [-0.15, -0.1) is 0 Å². The van der Waals surface area contributed by atoms with E-state index in [1.54, 1.807) is 42.7 Å². The number of benzene rings is 2. The number of aromatic nitrogens is 2. The maximum atomic E-state index is 5.83. The molecule has 3 aromatic rings.